The maximum Gasteiger partial charge on any atom is 0.338 e. The second-order valence-electron chi connectivity index (χ2n) is 7.67. The summed E-state index contributed by atoms with van der Waals surface area (Å²) in [4.78, 5) is 24.4. The van der Waals surface area contributed by atoms with Gasteiger partial charge in [-0.25, -0.2) is 4.79 Å². The van der Waals surface area contributed by atoms with Crippen molar-refractivity contribution in [3.8, 4) is 0 Å². The molecule has 6 heteroatoms. The van der Waals surface area contributed by atoms with Gasteiger partial charge in [-0.3, -0.25) is 0 Å². The summed E-state index contributed by atoms with van der Waals surface area (Å²) >= 11 is 0. The molecular weight excluding hydrogens is 360 g/mol. The van der Waals surface area contributed by atoms with Crippen LogP contribution in [0.2, 0.25) is 0 Å². The van der Waals surface area contributed by atoms with E-state index >= 15 is 0 Å². The van der Waals surface area contributed by atoms with Crippen molar-refractivity contribution in [2.75, 3.05) is 0 Å². The van der Waals surface area contributed by atoms with E-state index in [-0.39, 0.29) is 0 Å². The number of aldehydes is 1. The van der Waals surface area contributed by atoms with E-state index in [1.54, 1.807) is 30.3 Å². The van der Waals surface area contributed by atoms with Gasteiger partial charge in [-0.05, 0) is 31.4 Å². The number of carbonyl (C=O) groups excluding carboxylic acids is 2. The van der Waals surface area contributed by atoms with Gasteiger partial charge in [-0.1, -0.05) is 30.7 Å². The van der Waals surface area contributed by atoms with Crippen molar-refractivity contribution in [3.63, 3.8) is 0 Å². The molecule has 28 heavy (non-hydrogen) atoms. The van der Waals surface area contributed by atoms with Crippen molar-refractivity contribution in [1.29, 1.82) is 0 Å². The Morgan fingerprint density at radius 1 is 1.14 bits per heavy atom. The van der Waals surface area contributed by atoms with Gasteiger partial charge in [0.25, 0.3) is 0 Å². The third-order valence-corrected chi connectivity index (χ3v) is 5.77. The van der Waals surface area contributed by atoms with Crippen LogP contribution in [0.1, 0.15) is 48.9 Å². The predicted octanol–water partition coefficient (Wildman–Crippen LogP) is 3.20. The van der Waals surface area contributed by atoms with Crippen molar-refractivity contribution >= 4 is 12.3 Å². The Morgan fingerprint density at radius 2 is 1.86 bits per heavy atom. The highest BCUT2D eigenvalue weighted by molar-refractivity contribution is 5.89. The molecule has 2 saturated heterocycles. The summed E-state index contributed by atoms with van der Waals surface area (Å²) in [6.45, 7) is 3.77. The van der Waals surface area contributed by atoms with E-state index in [0.29, 0.717) is 12.0 Å². The minimum Gasteiger partial charge on any atom is -0.453 e. The molecule has 3 fully saturated rings. The lowest BCUT2D eigenvalue weighted by Crippen LogP contribution is -2.58. The van der Waals surface area contributed by atoms with Gasteiger partial charge < -0.3 is 23.7 Å². The number of esters is 1. The minimum atomic E-state index is -0.747. The largest absolute Gasteiger partial charge is 0.453 e. The quantitative estimate of drug-likeness (QED) is 0.440. The molecule has 5 atom stereocenters. The topological polar surface area (TPSA) is 71.1 Å². The van der Waals surface area contributed by atoms with Crippen LogP contribution in [0, 0.1) is 0 Å². The molecule has 0 aromatic heterocycles. The highest BCUT2D eigenvalue weighted by atomic mass is 16.8. The van der Waals surface area contributed by atoms with Crippen molar-refractivity contribution in [2.45, 2.75) is 74.8 Å². The highest BCUT2D eigenvalue weighted by Gasteiger charge is 2.59. The number of hydrogen-bond acceptors (Lipinski definition) is 6. The first-order chi connectivity index (χ1) is 13.7. The zero-order valence-corrected chi connectivity index (χ0v) is 15.8. The van der Waals surface area contributed by atoms with Crippen LogP contribution in [-0.2, 0) is 23.7 Å². The maximum absolute atomic E-state index is 12.7. The monoisotopic (exact) mass is 386 g/mol. The predicted molar refractivity (Wildman–Crippen MR) is 101 cm³/mol. The molecule has 0 N–H and O–H groups in total. The lowest BCUT2D eigenvalue weighted by molar-refractivity contribution is -0.199. The summed E-state index contributed by atoms with van der Waals surface area (Å²) in [5.74, 6) is -1.15. The van der Waals surface area contributed by atoms with Crippen LogP contribution in [-0.4, -0.2) is 48.6 Å². The third-order valence-electron chi connectivity index (χ3n) is 5.77. The standard InChI is InChI=1S/C22H26O6/c1-2-9-16-18(26-21(24)15-10-5-3-6-11-15)20-19(17(14-23)25-16)27-22(28-20)12-7-4-8-13-22/h2-3,5-6,10-11,14,16-20H,1,4,7-9,12-13H2/t16?,17-,18?,19?,20?/m0/s1. The van der Waals surface area contributed by atoms with E-state index in [9.17, 15) is 9.59 Å². The normalized spacial score (nSPS) is 33.8. The van der Waals surface area contributed by atoms with Gasteiger partial charge in [0.15, 0.2) is 18.2 Å². The fourth-order valence-corrected chi connectivity index (χ4v) is 4.43. The second-order valence-corrected chi connectivity index (χ2v) is 7.67. The molecule has 6 nitrogen and oxygen atoms in total. The molecule has 1 aliphatic carbocycles. The Bertz CT molecular complexity index is 711. The zero-order valence-electron chi connectivity index (χ0n) is 15.8. The third kappa shape index (κ3) is 3.64. The van der Waals surface area contributed by atoms with E-state index < -0.39 is 42.3 Å². The molecule has 150 valence electrons. The summed E-state index contributed by atoms with van der Waals surface area (Å²) in [7, 11) is 0. The Morgan fingerprint density at radius 3 is 2.54 bits per heavy atom. The van der Waals surface area contributed by atoms with Crippen molar-refractivity contribution in [1.82, 2.24) is 0 Å². The smallest absolute Gasteiger partial charge is 0.338 e. The molecule has 1 saturated carbocycles. The van der Waals surface area contributed by atoms with E-state index in [2.05, 4.69) is 6.58 Å². The number of benzene rings is 1. The minimum absolute atomic E-state index is 0.441. The molecule has 0 radical (unpaired) electrons. The summed E-state index contributed by atoms with van der Waals surface area (Å²) < 4.78 is 24.4. The average Bonchev–Trinajstić information content (AvgIpc) is 3.09. The van der Waals surface area contributed by atoms with Crippen LogP contribution in [0.25, 0.3) is 0 Å². The summed E-state index contributed by atoms with van der Waals surface area (Å²) in [6, 6.07) is 8.81. The summed E-state index contributed by atoms with van der Waals surface area (Å²) in [6.07, 6.45) is 4.56. The van der Waals surface area contributed by atoms with Crippen molar-refractivity contribution in [2.24, 2.45) is 0 Å². The molecule has 3 aliphatic rings. The van der Waals surface area contributed by atoms with Crippen LogP contribution >= 0.6 is 0 Å². The fourth-order valence-electron chi connectivity index (χ4n) is 4.43. The number of carbonyl (C=O) groups is 2. The number of ether oxygens (including phenoxy) is 4. The molecular formula is C22H26O6. The molecule has 1 aromatic rings. The van der Waals surface area contributed by atoms with Crippen molar-refractivity contribution in [3.05, 3.63) is 48.6 Å². The Hall–Kier alpha value is -2.02. The first-order valence-electron chi connectivity index (χ1n) is 9.99. The van der Waals surface area contributed by atoms with Crippen LogP contribution in [0.15, 0.2) is 43.0 Å². The van der Waals surface area contributed by atoms with Gasteiger partial charge in [0.2, 0.25) is 0 Å². The van der Waals surface area contributed by atoms with Crippen LogP contribution in [0.5, 0.6) is 0 Å². The first-order valence-corrected chi connectivity index (χ1v) is 9.99. The van der Waals surface area contributed by atoms with E-state index in [4.69, 9.17) is 18.9 Å². The lowest BCUT2D eigenvalue weighted by Gasteiger charge is -2.39. The molecule has 0 bridgehead atoms. The average molecular weight is 386 g/mol. The van der Waals surface area contributed by atoms with Gasteiger partial charge in [0.1, 0.15) is 24.4 Å². The van der Waals surface area contributed by atoms with Gasteiger partial charge in [0.05, 0.1) is 5.56 Å². The Balaban J connectivity index is 1.60. The van der Waals surface area contributed by atoms with Crippen LogP contribution in [0.3, 0.4) is 0 Å². The lowest BCUT2D eigenvalue weighted by atomic mass is 9.93. The maximum atomic E-state index is 12.7. The van der Waals surface area contributed by atoms with Gasteiger partial charge >= 0.3 is 5.97 Å². The van der Waals surface area contributed by atoms with Gasteiger partial charge in [-0.15, -0.1) is 6.58 Å². The number of hydrogen-bond donors (Lipinski definition) is 0. The number of fused-ring (bicyclic) bond motifs is 1. The van der Waals surface area contributed by atoms with Gasteiger partial charge in [0, 0.05) is 12.8 Å². The highest BCUT2D eigenvalue weighted by Crippen LogP contribution is 2.45. The molecule has 4 unspecified atom stereocenters. The summed E-state index contributed by atoms with van der Waals surface area (Å²) in [5.41, 5.74) is 0.459. The van der Waals surface area contributed by atoms with E-state index in [1.807, 2.05) is 6.07 Å². The molecule has 0 amide bonds. The molecule has 2 aliphatic heterocycles. The van der Waals surface area contributed by atoms with Crippen LogP contribution < -0.4 is 0 Å². The van der Waals surface area contributed by atoms with Crippen molar-refractivity contribution < 1.29 is 28.5 Å². The summed E-state index contributed by atoms with van der Waals surface area (Å²) in [5, 5.41) is 0. The Labute approximate surface area is 164 Å². The molecule has 1 spiro atoms. The van der Waals surface area contributed by atoms with E-state index in [1.165, 1.54) is 0 Å². The molecule has 4 rings (SSSR count). The van der Waals surface area contributed by atoms with Gasteiger partial charge in [-0.2, -0.15) is 0 Å². The number of rotatable bonds is 5. The zero-order chi connectivity index (χ0) is 19.6. The van der Waals surface area contributed by atoms with Crippen LogP contribution in [0.4, 0.5) is 0 Å². The second kappa shape index (κ2) is 8.15. The van der Waals surface area contributed by atoms with E-state index in [0.717, 1.165) is 38.4 Å². The fraction of sp³-hybridized carbons (Fsp3) is 0.545. The molecule has 2 heterocycles. The Kier molecular flexibility index (Phi) is 5.62. The molecule has 1 aromatic carbocycles. The SMILES string of the molecule is C=CCC1O[C@@H](C=O)C2OC3(CCCCC3)OC2C1OC(=O)c1ccccc1. The first kappa shape index (κ1) is 19.3.